The van der Waals surface area contributed by atoms with Gasteiger partial charge < -0.3 is 5.32 Å². The number of hydrogen-bond acceptors (Lipinski definition) is 5. The van der Waals surface area contributed by atoms with Gasteiger partial charge in [0.05, 0.1) is 10.4 Å². The van der Waals surface area contributed by atoms with Crippen LogP contribution < -0.4 is 5.32 Å². The fraction of sp³-hybridized carbons (Fsp3) is 0.0417. The highest BCUT2D eigenvalue weighted by Crippen LogP contribution is 2.39. The second kappa shape index (κ2) is 7.57. The van der Waals surface area contributed by atoms with Crippen LogP contribution in [0.5, 0.6) is 0 Å². The van der Waals surface area contributed by atoms with Crippen LogP contribution in [0.4, 0.5) is 10.7 Å². The first-order chi connectivity index (χ1) is 14.7. The minimum atomic E-state index is 0.00452. The normalized spacial score (nSPS) is 11.0. The van der Waals surface area contributed by atoms with Crippen molar-refractivity contribution in [2.75, 3.05) is 5.32 Å². The number of fused-ring (bicyclic) bond motifs is 1. The SMILES string of the molecule is Cc1c(C(=O)c2ccccc2)sc(Nc2ccccc2)c1-n1nnc2ccccc21. The first-order valence-electron chi connectivity index (χ1n) is 9.58. The molecule has 0 atom stereocenters. The number of nitrogens with one attached hydrogen (secondary N) is 1. The van der Waals surface area contributed by atoms with Gasteiger partial charge in [0.25, 0.3) is 0 Å². The predicted molar refractivity (Wildman–Crippen MR) is 121 cm³/mol. The number of rotatable bonds is 5. The van der Waals surface area contributed by atoms with Gasteiger partial charge in [-0.2, -0.15) is 0 Å². The van der Waals surface area contributed by atoms with E-state index in [0.717, 1.165) is 33.0 Å². The molecule has 0 saturated carbocycles. The molecule has 0 aliphatic rings. The quantitative estimate of drug-likeness (QED) is 0.374. The lowest BCUT2D eigenvalue weighted by Crippen LogP contribution is -2.03. The molecule has 0 saturated heterocycles. The first kappa shape index (κ1) is 18.3. The summed E-state index contributed by atoms with van der Waals surface area (Å²) in [7, 11) is 0. The minimum absolute atomic E-state index is 0.00452. The van der Waals surface area contributed by atoms with E-state index in [1.165, 1.54) is 11.3 Å². The Labute approximate surface area is 177 Å². The van der Waals surface area contributed by atoms with E-state index in [0.29, 0.717) is 10.4 Å². The van der Waals surface area contributed by atoms with Gasteiger partial charge in [-0.15, -0.1) is 16.4 Å². The Morgan fingerprint density at radius 1 is 0.900 bits per heavy atom. The summed E-state index contributed by atoms with van der Waals surface area (Å²) in [6.07, 6.45) is 0. The maximum atomic E-state index is 13.3. The summed E-state index contributed by atoms with van der Waals surface area (Å²) in [6.45, 7) is 1.97. The smallest absolute Gasteiger partial charge is 0.203 e. The topological polar surface area (TPSA) is 59.8 Å². The Morgan fingerprint density at radius 3 is 2.33 bits per heavy atom. The third-order valence-corrected chi connectivity index (χ3v) is 6.15. The number of benzene rings is 3. The molecule has 0 radical (unpaired) electrons. The molecule has 146 valence electrons. The number of ketones is 1. The predicted octanol–water partition coefficient (Wildman–Crippen LogP) is 5.77. The molecule has 5 aromatic rings. The second-order valence-corrected chi connectivity index (χ2v) is 7.93. The molecule has 6 heteroatoms. The highest BCUT2D eigenvalue weighted by Gasteiger charge is 2.24. The van der Waals surface area contributed by atoms with Crippen LogP contribution in [0.1, 0.15) is 20.8 Å². The van der Waals surface area contributed by atoms with Gasteiger partial charge in [0.15, 0.2) is 0 Å². The summed E-state index contributed by atoms with van der Waals surface area (Å²) in [5.74, 6) is 0.00452. The molecule has 0 aliphatic heterocycles. The lowest BCUT2D eigenvalue weighted by Gasteiger charge is -2.09. The molecule has 5 nitrogen and oxygen atoms in total. The zero-order valence-electron chi connectivity index (χ0n) is 16.2. The second-order valence-electron chi connectivity index (χ2n) is 6.91. The number of para-hydroxylation sites is 2. The van der Waals surface area contributed by atoms with Crippen LogP contribution in [-0.4, -0.2) is 20.8 Å². The lowest BCUT2D eigenvalue weighted by molar-refractivity contribution is 0.104. The van der Waals surface area contributed by atoms with Crippen molar-refractivity contribution in [3.63, 3.8) is 0 Å². The third-order valence-electron chi connectivity index (χ3n) is 4.95. The lowest BCUT2D eigenvalue weighted by atomic mass is 10.1. The zero-order valence-corrected chi connectivity index (χ0v) is 17.1. The average Bonchev–Trinajstić information content (AvgIpc) is 3.35. The van der Waals surface area contributed by atoms with Gasteiger partial charge in [0.1, 0.15) is 16.2 Å². The molecular weight excluding hydrogens is 392 g/mol. The van der Waals surface area contributed by atoms with E-state index in [1.807, 2.05) is 96.5 Å². The molecule has 3 aromatic carbocycles. The van der Waals surface area contributed by atoms with E-state index in [4.69, 9.17) is 0 Å². The Balaban J connectivity index is 1.69. The maximum Gasteiger partial charge on any atom is 0.203 e. The minimum Gasteiger partial charge on any atom is -0.345 e. The van der Waals surface area contributed by atoms with Crippen molar-refractivity contribution in [3.8, 4) is 5.69 Å². The molecule has 2 heterocycles. The molecule has 1 N–H and O–H groups in total. The van der Waals surface area contributed by atoms with Gasteiger partial charge in [-0.1, -0.05) is 65.9 Å². The molecule has 5 rings (SSSR count). The van der Waals surface area contributed by atoms with Crippen LogP contribution in [0.15, 0.2) is 84.9 Å². The van der Waals surface area contributed by atoms with Gasteiger partial charge in [-0.25, -0.2) is 4.68 Å². The van der Waals surface area contributed by atoms with Gasteiger partial charge in [0.2, 0.25) is 5.78 Å². The van der Waals surface area contributed by atoms with E-state index in [9.17, 15) is 4.79 Å². The van der Waals surface area contributed by atoms with Crippen LogP contribution in [0.2, 0.25) is 0 Å². The van der Waals surface area contributed by atoms with Crippen molar-refractivity contribution in [1.82, 2.24) is 15.0 Å². The zero-order chi connectivity index (χ0) is 20.5. The van der Waals surface area contributed by atoms with E-state index in [1.54, 1.807) is 0 Å². The van der Waals surface area contributed by atoms with Gasteiger partial charge >= 0.3 is 0 Å². The number of aromatic nitrogens is 3. The van der Waals surface area contributed by atoms with Crippen molar-refractivity contribution < 1.29 is 4.79 Å². The van der Waals surface area contributed by atoms with Crippen molar-refractivity contribution in [2.45, 2.75) is 6.92 Å². The monoisotopic (exact) mass is 410 g/mol. The van der Waals surface area contributed by atoms with Crippen molar-refractivity contribution in [2.24, 2.45) is 0 Å². The summed E-state index contributed by atoms with van der Waals surface area (Å²) >= 11 is 1.44. The number of thiophene rings is 1. The fourth-order valence-corrected chi connectivity index (χ4v) is 4.64. The number of carbonyl (C=O) groups excluding carboxylic acids is 1. The Kier molecular flexibility index (Phi) is 4.61. The molecule has 0 aliphatic carbocycles. The van der Waals surface area contributed by atoms with E-state index in [2.05, 4.69) is 15.6 Å². The molecular formula is C24H18N4OS. The molecule has 0 spiro atoms. The largest absolute Gasteiger partial charge is 0.345 e. The Hall–Kier alpha value is -3.77. The number of nitrogens with zero attached hydrogens (tertiary/aromatic N) is 3. The van der Waals surface area contributed by atoms with Crippen LogP contribution in [-0.2, 0) is 0 Å². The average molecular weight is 411 g/mol. The van der Waals surface area contributed by atoms with Crippen molar-refractivity contribution in [3.05, 3.63) is 101 Å². The van der Waals surface area contributed by atoms with Crippen LogP contribution in [0.25, 0.3) is 16.7 Å². The summed E-state index contributed by atoms with van der Waals surface area (Å²) in [6, 6.07) is 27.1. The maximum absolute atomic E-state index is 13.3. The molecule has 0 amide bonds. The van der Waals surface area contributed by atoms with E-state index in [-0.39, 0.29) is 5.78 Å². The standard InChI is InChI=1S/C24H18N4OS/c1-16-21(28-20-15-9-8-14-19(20)26-27-28)24(25-18-12-6-3-7-13-18)30-23(16)22(29)17-10-4-2-5-11-17/h2-15,25H,1H3. The number of hydrogen-bond donors (Lipinski definition) is 1. The highest BCUT2D eigenvalue weighted by atomic mass is 32.1. The van der Waals surface area contributed by atoms with E-state index < -0.39 is 0 Å². The van der Waals surface area contributed by atoms with Crippen LogP contribution in [0.3, 0.4) is 0 Å². The van der Waals surface area contributed by atoms with Crippen molar-refractivity contribution >= 4 is 38.8 Å². The summed E-state index contributed by atoms with van der Waals surface area (Å²) in [5, 5.41) is 13.0. The fourth-order valence-electron chi connectivity index (χ4n) is 3.47. The summed E-state index contributed by atoms with van der Waals surface area (Å²) in [5.41, 5.74) is 5.05. The van der Waals surface area contributed by atoms with Gasteiger partial charge in [0, 0.05) is 11.3 Å². The first-order valence-corrected chi connectivity index (χ1v) is 10.4. The third kappa shape index (κ3) is 3.17. The van der Waals surface area contributed by atoms with Crippen LogP contribution in [0, 0.1) is 6.92 Å². The number of carbonyl (C=O) groups is 1. The Morgan fingerprint density at radius 2 is 1.57 bits per heavy atom. The Bertz CT molecular complexity index is 1340. The van der Waals surface area contributed by atoms with Gasteiger partial charge in [-0.05, 0) is 36.8 Å². The summed E-state index contributed by atoms with van der Waals surface area (Å²) in [4.78, 5) is 13.9. The molecule has 0 bridgehead atoms. The summed E-state index contributed by atoms with van der Waals surface area (Å²) < 4.78 is 1.81. The molecule has 30 heavy (non-hydrogen) atoms. The van der Waals surface area contributed by atoms with Crippen LogP contribution >= 0.6 is 11.3 Å². The molecule has 0 unspecified atom stereocenters. The van der Waals surface area contributed by atoms with Crippen molar-refractivity contribution in [1.29, 1.82) is 0 Å². The molecule has 2 aromatic heterocycles. The highest BCUT2D eigenvalue weighted by molar-refractivity contribution is 7.19. The number of anilines is 2. The van der Waals surface area contributed by atoms with E-state index >= 15 is 0 Å². The molecule has 0 fully saturated rings. The van der Waals surface area contributed by atoms with Gasteiger partial charge in [-0.3, -0.25) is 4.79 Å².